The highest BCUT2D eigenvalue weighted by Gasteiger charge is 2.30. The molecule has 0 aliphatic heterocycles. The lowest BCUT2D eigenvalue weighted by atomic mass is 10.0. The molecule has 2 unspecified atom stereocenters. The second-order valence-electron chi connectivity index (χ2n) is 26.7. The van der Waals surface area contributed by atoms with Crippen molar-refractivity contribution in [2.45, 2.75) is 369 Å². The molecule has 0 aliphatic carbocycles. The van der Waals surface area contributed by atoms with Gasteiger partial charge in [-0.2, -0.15) is 0 Å². The molecule has 89 heavy (non-hydrogen) atoms. The minimum atomic E-state index is -4.95. The maximum absolute atomic E-state index is 13.0. The summed E-state index contributed by atoms with van der Waals surface area (Å²) in [6, 6.07) is 0. The lowest BCUT2D eigenvalue weighted by Crippen LogP contribution is -2.30. The summed E-state index contributed by atoms with van der Waals surface area (Å²) in [6.07, 6.45) is 44.4. The molecule has 0 aromatic heterocycles. The van der Waals surface area contributed by atoms with Gasteiger partial charge in [-0.15, -0.1) is 0 Å². The summed E-state index contributed by atoms with van der Waals surface area (Å²) in [5, 5.41) is 10.6. The van der Waals surface area contributed by atoms with Gasteiger partial charge in [-0.25, -0.2) is 9.13 Å². The van der Waals surface area contributed by atoms with Crippen molar-refractivity contribution in [1.82, 2.24) is 0 Å². The molecule has 0 spiro atoms. The van der Waals surface area contributed by atoms with E-state index >= 15 is 0 Å². The molecular weight excluding hydrogens is 1170 g/mol. The van der Waals surface area contributed by atoms with E-state index in [2.05, 4.69) is 48.5 Å². The summed E-state index contributed by atoms with van der Waals surface area (Å²) in [5.41, 5.74) is 0. The van der Waals surface area contributed by atoms with Crippen LogP contribution >= 0.6 is 15.6 Å². The van der Waals surface area contributed by atoms with Crippen LogP contribution in [-0.2, 0) is 65.4 Å². The fraction of sp³-hybridized carbons (Fsp3) is 0.943. The SMILES string of the molecule is CCCCCCCCCCCCCC(=O)OC[C@H](COP(=O)(O)OC[C@H](O)COP(=O)(O)OC[C@@H](COC(=O)CCCCCCCCCCCCC(C)C)OC(=O)CCCCCCCCCCCCCC(C)C)OC(=O)CCCCCCCCCCC(C)C. The first-order valence-electron chi connectivity index (χ1n) is 36.3. The van der Waals surface area contributed by atoms with Gasteiger partial charge in [0.05, 0.1) is 26.4 Å². The van der Waals surface area contributed by atoms with Gasteiger partial charge in [-0.05, 0) is 43.4 Å². The highest BCUT2D eigenvalue weighted by Crippen LogP contribution is 2.45. The van der Waals surface area contributed by atoms with Crippen LogP contribution in [0.25, 0.3) is 0 Å². The van der Waals surface area contributed by atoms with Gasteiger partial charge in [0.15, 0.2) is 12.2 Å². The van der Waals surface area contributed by atoms with Crippen molar-refractivity contribution in [3.8, 4) is 0 Å². The fourth-order valence-electron chi connectivity index (χ4n) is 10.5. The molecule has 0 bridgehead atoms. The molecule has 0 fully saturated rings. The third kappa shape index (κ3) is 64.6. The maximum atomic E-state index is 13.0. The zero-order valence-electron chi connectivity index (χ0n) is 57.9. The number of phosphoric acid groups is 2. The van der Waals surface area contributed by atoms with Crippen molar-refractivity contribution in [2.24, 2.45) is 17.8 Å². The Morgan fingerprint density at radius 2 is 0.517 bits per heavy atom. The van der Waals surface area contributed by atoms with E-state index in [1.807, 2.05) is 0 Å². The number of esters is 4. The van der Waals surface area contributed by atoms with Crippen molar-refractivity contribution < 1.29 is 80.2 Å². The Kier molecular flexibility index (Phi) is 59.6. The van der Waals surface area contributed by atoms with E-state index in [0.29, 0.717) is 25.7 Å². The summed E-state index contributed by atoms with van der Waals surface area (Å²) in [5.74, 6) is 0.115. The number of rotatable bonds is 68. The molecule has 0 amide bonds. The van der Waals surface area contributed by atoms with Gasteiger partial charge in [0.25, 0.3) is 0 Å². The molecule has 0 saturated carbocycles. The fourth-order valence-corrected chi connectivity index (χ4v) is 12.1. The van der Waals surface area contributed by atoms with Crippen molar-refractivity contribution in [3.05, 3.63) is 0 Å². The third-order valence-corrected chi connectivity index (χ3v) is 18.0. The molecule has 0 rings (SSSR count). The number of aliphatic hydroxyl groups is 1. The number of hydrogen-bond donors (Lipinski definition) is 3. The van der Waals surface area contributed by atoms with Crippen LogP contribution in [0.2, 0.25) is 0 Å². The van der Waals surface area contributed by atoms with E-state index in [1.54, 1.807) is 0 Å². The van der Waals surface area contributed by atoms with Crippen LogP contribution in [0.1, 0.15) is 350 Å². The van der Waals surface area contributed by atoms with E-state index in [-0.39, 0.29) is 25.7 Å². The van der Waals surface area contributed by atoms with Crippen molar-refractivity contribution >= 4 is 39.5 Å². The second kappa shape index (κ2) is 61.0. The lowest BCUT2D eigenvalue weighted by Gasteiger charge is -2.21. The first kappa shape index (κ1) is 87.1. The van der Waals surface area contributed by atoms with Gasteiger partial charge in [-0.1, -0.05) is 299 Å². The van der Waals surface area contributed by atoms with Gasteiger partial charge in [0, 0.05) is 25.7 Å². The maximum Gasteiger partial charge on any atom is 0.472 e. The molecule has 3 N–H and O–H groups in total. The monoisotopic (exact) mass is 1310 g/mol. The van der Waals surface area contributed by atoms with E-state index in [0.717, 1.165) is 108 Å². The largest absolute Gasteiger partial charge is 0.472 e. The Bertz CT molecular complexity index is 1750. The Morgan fingerprint density at radius 1 is 0.303 bits per heavy atom. The predicted molar refractivity (Wildman–Crippen MR) is 358 cm³/mol. The van der Waals surface area contributed by atoms with Crippen molar-refractivity contribution in [2.75, 3.05) is 39.6 Å². The highest BCUT2D eigenvalue weighted by atomic mass is 31.2. The standard InChI is InChI=1S/C70H136O17P2/c1-8-9-10-11-12-13-15-22-30-37-44-51-67(72)80-58-66(87-70(75)54-47-40-33-26-25-29-36-43-50-63(6)7)60-85-89(78,79)83-56-64(71)55-82-88(76,77)84-59-65(57-81-68(73)52-45-38-31-23-19-18-21-28-35-42-49-62(4)5)86-69(74)53-46-39-32-24-17-14-16-20-27-34-41-48-61(2)3/h61-66,71H,8-60H2,1-7H3,(H,76,77)(H,78,79)/t64-,65-,66-/m1/s1. The van der Waals surface area contributed by atoms with Crippen LogP contribution in [-0.4, -0.2) is 96.7 Å². The minimum absolute atomic E-state index is 0.104. The van der Waals surface area contributed by atoms with Gasteiger partial charge in [0.1, 0.15) is 19.3 Å². The van der Waals surface area contributed by atoms with Crippen LogP contribution in [0.4, 0.5) is 0 Å². The Balaban J connectivity index is 5.26. The number of carbonyl (C=O) groups excluding carboxylic acids is 4. The molecule has 0 radical (unpaired) electrons. The van der Waals surface area contributed by atoms with E-state index < -0.39 is 97.5 Å². The van der Waals surface area contributed by atoms with Gasteiger partial charge < -0.3 is 33.8 Å². The first-order valence-corrected chi connectivity index (χ1v) is 39.3. The molecular formula is C70H136O17P2. The minimum Gasteiger partial charge on any atom is -0.462 e. The Morgan fingerprint density at radius 3 is 0.764 bits per heavy atom. The molecule has 0 aliphatic rings. The topological polar surface area (TPSA) is 237 Å². The lowest BCUT2D eigenvalue weighted by molar-refractivity contribution is -0.161. The number of ether oxygens (including phenoxy) is 4. The van der Waals surface area contributed by atoms with Crippen LogP contribution in [0.3, 0.4) is 0 Å². The summed E-state index contributed by atoms with van der Waals surface area (Å²) in [7, 11) is -9.90. The van der Waals surface area contributed by atoms with Gasteiger partial charge in [-0.3, -0.25) is 37.3 Å². The molecule has 528 valence electrons. The van der Waals surface area contributed by atoms with Gasteiger partial charge in [0.2, 0.25) is 0 Å². The molecule has 17 nitrogen and oxygen atoms in total. The molecule has 0 heterocycles. The highest BCUT2D eigenvalue weighted by molar-refractivity contribution is 7.47. The molecule has 5 atom stereocenters. The van der Waals surface area contributed by atoms with Crippen molar-refractivity contribution in [3.63, 3.8) is 0 Å². The van der Waals surface area contributed by atoms with Crippen molar-refractivity contribution in [1.29, 1.82) is 0 Å². The second-order valence-corrected chi connectivity index (χ2v) is 29.6. The molecule has 0 aromatic carbocycles. The van der Waals surface area contributed by atoms with E-state index in [1.165, 1.54) is 161 Å². The molecule has 0 saturated heterocycles. The Labute approximate surface area is 543 Å². The number of carbonyl (C=O) groups is 4. The van der Waals surface area contributed by atoms with Crippen LogP contribution < -0.4 is 0 Å². The van der Waals surface area contributed by atoms with Gasteiger partial charge >= 0.3 is 39.5 Å². The summed E-state index contributed by atoms with van der Waals surface area (Å²) >= 11 is 0. The number of aliphatic hydroxyl groups excluding tert-OH is 1. The number of phosphoric ester groups is 2. The smallest absolute Gasteiger partial charge is 0.462 e. The average molecular weight is 1310 g/mol. The van der Waals surface area contributed by atoms with E-state index in [4.69, 9.17) is 37.0 Å². The summed E-state index contributed by atoms with van der Waals surface area (Å²) < 4.78 is 68.3. The van der Waals surface area contributed by atoms with E-state index in [9.17, 15) is 43.2 Å². The summed E-state index contributed by atoms with van der Waals surface area (Å²) in [6.45, 7) is 11.8. The third-order valence-electron chi connectivity index (χ3n) is 16.1. The van der Waals surface area contributed by atoms with Crippen LogP contribution in [0.5, 0.6) is 0 Å². The number of unbranched alkanes of at least 4 members (excludes halogenated alkanes) is 36. The normalized spacial score (nSPS) is 14.2. The Hall–Kier alpha value is -1.94. The first-order chi connectivity index (χ1) is 42.7. The average Bonchev–Trinajstić information content (AvgIpc) is 3.70. The zero-order chi connectivity index (χ0) is 65.9. The van der Waals surface area contributed by atoms with Crippen LogP contribution in [0, 0.1) is 17.8 Å². The molecule has 19 heteroatoms. The number of hydrogen-bond acceptors (Lipinski definition) is 15. The summed E-state index contributed by atoms with van der Waals surface area (Å²) in [4.78, 5) is 72.5. The zero-order valence-corrected chi connectivity index (χ0v) is 59.7. The predicted octanol–water partition coefficient (Wildman–Crippen LogP) is 19.8. The van der Waals surface area contributed by atoms with Crippen LogP contribution in [0.15, 0.2) is 0 Å². The quantitative estimate of drug-likeness (QED) is 0.0222. The molecule has 0 aromatic rings.